The van der Waals surface area contributed by atoms with Crippen LogP contribution in [-0.4, -0.2) is 11.6 Å². The zero-order valence-corrected chi connectivity index (χ0v) is 11.3. The Morgan fingerprint density at radius 3 is 2.50 bits per heavy atom. The minimum absolute atomic E-state index is 0.682. The summed E-state index contributed by atoms with van der Waals surface area (Å²) in [6.07, 6.45) is 1.94. The second-order valence-electron chi connectivity index (χ2n) is 4.49. The lowest BCUT2D eigenvalue weighted by molar-refractivity contribution is 0.340. The summed E-state index contributed by atoms with van der Waals surface area (Å²) in [4.78, 5) is 3.20. The Bertz CT molecular complexity index is 772. The highest BCUT2D eigenvalue weighted by atomic mass is 16.5. The molecule has 1 N–H and O–H groups in total. The fraction of sp³-hybridized carbons (Fsp3) is 0.111. The van der Waals surface area contributed by atoms with Gasteiger partial charge in [0.15, 0.2) is 0 Å². The van der Waals surface area contributed by atoms with Crippen molar-refractivity contribution in [1.29, 1.82) is 0 Å². The topological polar surface area (TPSA) is 25.0 Å². The van der Waals surface area contributed by atoms with Crippen molar-refractivity contribution in [3.63, 3.8) is 0 Å². The Kier molecular flexibility index (Phi) is 3.43. The molecule has 3 rings (SSSR count). The number of aromatic amines is 1. The molecular formula is C18H15NO. The Morgan fingerprint density at radius 1 is 0.950 bits per heavy atom. The van der Waals surface area contributed by atoms with E-state index in [9.17, 15) is 0 Å². The minimum Gasteiger partial charge on any atom is -0.494 e. The molecule has 1 heterocycles. The molecule has 1 aromatic heterocycles. The van der Waals surface area contributed by atoms with E-state index < -0.39 is 0 Å². The quantitative estimate of drug-likeness (QED) is 0.694. The maximum atomic E-state index is 5.41. The van der Waals surface area contributed by atoms with Crippen molar-refractivity contribution in [3.8, 4) is 17.6 Å². The lowest BCUT2D eigenvalue weighted by Crippen LogP contribution is -1.90. The molecule has 0 saturated heterocycles. The molecule has 0 unspecified atom stereocenters. The summed E-state index contributed by atoms with van der Waals surface area (Å²) in [7, 11) is 0. The molecular weight excluding hydrogens is 246 g/mol. The van der Waals surface area contributed by atoms with Gasteiger partial charge in [0.05, 0.1) is 6.61 Å². The maximum absolute atomic E-state index is 5.41. The summed E-state index contributed by atoms with van der Waals surface area (Å²) in [5, 5.41) is 1.21. The van der Waals surface area contributed by atoms with Crippen LogP contribution < -0.4 is 4.74 Å². The van der Waals surface area contributed by atoms with Gasteiger partial charge >= 0.3 is 0 Å². The fourth-order valence-electron chi connectivity index (χ4n) is 2.07. The summed E-state index contributed by atoms with van der Waals surface area (Å²) in [5.41, 5.74) is 3.11. The average Bonchev–Trinajstić information content (AvgIpc) is 2.94. The van der Waals surface area contributed by atoms with Gasteiger partial charge in [0.2, 0.25) is 0 Å². The molecule has 0 radical (unpaired) electrons. The van der Waals surface area contributed by atoms with Gasteiger partial charge in [-0.05, 0) is 54.8 Å². The highest BCUT2D eigenvalue weighted by Gasteiger charge is 1.95. The second-order valence-corrected chi connectivity index (χ2v) is 4.49. The molecule has 0 fully saturated rings. The van der Waals surface area contributed by atoms with E-state index in [1.807, 2.05) is 43.5 Å². The van der Waals surface area contributed by atoms with Crippen LogP contribution in [0.3, 0.4) is 0 Å². The second kappa shape index (κ2) is 5.54. The summed E-state index contributed by atoms with van der Waals surface area (Å²) >= 11 is 0. The molecule has 2 nitrogen and oxygen atoms in total. The number of ether oxygens (including phenoxy) is 1. The Labute approximate surface area is 118 Å². The molecule has 0 spiro atoms. The minimum atomic E-state index is 0.682. The van der Waals surface area contributed by atoms with Crippen LogP contribution in [0.25, 0.3) is 10.9 Å². The van der Waals surface area contributed by atoms with Crippen LogP contribution >= 0.6 is 0 Å². The third-order valence-corrected chi connectivity index (χ3v) is 3.07. The number of hydrogen-bond donors (Lipinski definition) is 1. The van der Waals surface area contributed by atoms with Gasteiger partial charge in [0.25, 0.3) is 0 Å². The summed E-state index contributed by atoms with van der Waals surface area (Å²) in [5.74, 6) is 7.23. The van der Waals surface area contributed by atoms with Gasteiger partial charge in [-0.2, -0.15) is 0 Å². The van der Waals surface area contributed by atoms with Crippen LogP contribution in [0.15, 0.2) is 54.7 Å². The standard InChI is InChI=1S/C18H15NO/c1-2-20-17-9-6-14(7-10-17)3-4-15-5-8-16-11-12-19-18(16)13-15/h5-13,19H,2H2,1H3. The third kappa shape index (κ3) is 2.67. The van der Waals surface area contributed by atoms with Gasteiger partial charge < -0.3 is 9.72 Å². The lowest BCUT2D eigenvalue weighted by atomic mass is 10.1. The number of rotatable bonds is 2. The van der Waals surface area contributed by atoms with Crippen LogP contribution in [0.2, 0.25) is 0 Å². The highest BCUT2D eigenvalue weighted by molar-refractivity contribution is 5.80. The van der Waals surface area contributed by atoms with E-state index in [1.54, 1.807) is 0 Å². The van der Waals surface area contributed by atoms with Crippen LogP contribution in [0.5, 0.6) is 5.75 Å². The average molecular weight is 261 g/mol. The smallest absolute Gasteiger partial charge is 0.119 e. The van der Waals surface area contributed by atoms with Crippen molar-refractivity contribution < 1.29 is 4.74 Å². The molecule has 3 aromatic rings. The van der Waals surface area contributed by atoms with Gasteiger partial charge in [-0.3, -0.25) is 0 Å². The van der Waals surface area contributed by atoms with Crippen LogP contribution in [-0.2, 0) is 0 Å². The summed E-state index contributed by atoms with van der Waals surface area (Å²) in [6, 6.07) is 16.1. The maximum Gasteiger partial charge on any atom is 0.119 e. The Morgan fingerprint density at radius 2 is 1.70 bits per heavy atom. The van der Waals surface area contributed by atoms with Crippen LogP contribution in [0.1, 0.15) is 18.1 Å². The molecule has 0 aliphatic carbocycles. The molecule has 0 amide bonds. The van der Waals surface area contributed by atoms with Gasteiger partial charge in [-0.15, -0.1) is 0 Å². The van der Waals surface area contributed by atoms with Crippen molar-refractivity contribution in [1.82, 2.24) is 4.98 Å². The largest absolute Gasteiger partial charge is 0.494 e. The predicted molar refractivity (Wildman–Crippen MR) is 81.9 cm³/mol. The summed E-state index contributed by atoms with van der Waals surface area (Å²) < 4.78 is 5.41. The highest BCUT2D eigenvalue weighted by Crippen LogP contribution is 2.14. The zero-order valence-electron chi connectivity index (χ0n) is 11.3. The number of aromatic nitrogens is 1. The van der Waals surface area contributed by atoms with Crippen LogP contribution in [0, 0.1) is 11.8 Å². The number of fused-ring (bicyclic) bond motifs is 1. The molecule has 2 heteroatoms. The van der Waals surface area contributed by atoms with Crippen molar-refractivity contribution in [2.45, 2.75) is 6.92 Å². The number of nitrogens with one attached hydrogen (secondary N) is 1. The lowest BCUT2D eigenvalue weighted by Gasteiger charge is -2.01. The SMILES string of the molecule is CCOc1ccc(C#Cc2ccc3cc[nH]c3c2)cc1. The monoisotopic (exact) mass is 261 g/mol. The summed E-state index contributed by atoms with van der Waals surface area (Å²) in [6.45, 7) is 2.66. The van der Waals surface area contributed by atoms with E-state index in [0.29, 0.717) is 6.61 Å². The van der Waals surface area contributed by atoms with E-state index >= 15 is 0 Å². The van der Waals surface area contributed by atoms with E-state index in [4.69, 9.17) is 4.74 Å². The van der Waals surface area contributed by atoms with E-state index in [-0.39, 0.29) is 0 Å². The molecule has 0 bridgehead atoms. The normalized spacial score (nSPS) is 10.1. The molecule has 20 heavy (non-hydrogen) atoms. The molecule has 0 saturated carbocycles. The zero-order chi connectivity index (χ0) is 13.8. The fourth-order valence-corrected chi connectivity index (χ4v) is 2.07. The Hall–Kier alpha value is -2.66. The van der Waals surface area contributed by atoms with Crippen molar-refractivity contribution in [2.24, 2.45) is 0 Å². The number of benzene rings is 2. The van der Waals surface area contributed by atoms with Gasteiger partial charge in [-0.25, -0.2) is 0 Å². The third-order valence-electron chi connectivity index (χ3n) is 3.07. The first-order chi connectivity index (χ1) is 9.85. The predicted octanol–water partition coefficient (Wildman–Crippen LogP) is 3.97. The number of hydrogen-bond acceptors (Lipinski definition) is 1. The van der Waals surface area contributed by atoms with Gasteiger partial charge in [0.1, 0.15) is 5.75 Å². The molecule has 0 atom stereocenters. The van der Waals surface area contributed by atoms with Crippen molar-refractivity contribution in [3.05, 3.63) is 65.9 Å². The first-order valence-electron chi connectivity index (χ1n) is 6.67. The first-order valence-corrected chi connectivity index (χ1v) is 6.67. The molecule has 98 valence electrons. The van der Waals surface area contributed by atoms with Gasteiger partial charge in [-0.1, -0.05) is 17.9 Å². The number of H-pyrrole nitrogens is 1. The van der Waals surface area contributed by atoms with Crippen molar-refractivity contribution >= 4 is 10.9 Å². The molecule has 2 aromatic carbocycles. The first kappa shape index (κ1) is 12.4. The Balaban J connectivity index is 1.83. The van der Waals surface area contributed by atoms with Crippen LogP contribution in [0.4, 0.5) is 0 Å². The molecule has 0 aliphatic heterocycles. The van der Waals surface area contributed by atoms with E-state index in [0.717, 1.165) is 22.4 Å². The molecule has 0 aliphatic rings. The van der Waals surface area contributed by atoms with Gasteiger partial charge in [0, 0.05) is 22.8 Å². The van der Waals surface area contributed by atoms with Crippen molar-refractivity contribution in [2.75, 3.05) is 6.61 Å². The van der Waals surface area contributed by atoms with E-state index in [2.05, 4.69) is 35.0 Å². The van der Waals surface area contributed by atoms with E-state index in [1.165, 1.54) is 5.39 Å².